The lowest BCUT2D eigenvalue weighted by Crippen LogP contribution is -2.55. The van der Waals surface area contributed by atoms with E-state index in [-0.39, 0.29) is 6.29 Å². The van der Waals surface area contributed by atoms with Crippen LogP contribution in [0.4, 0.5) is 0 Å². The molecule has 146 valence electrons. The van der Waals surface area contributed by atoms with Crippen LogP contribution in [0.25, 0.3) is 0 Å². The molecule has 0 saturated heterocycles. The summed E-state index contributed by atoms with van der Waals surface area (Å²) in [5.74, 6) is -3.49. The monoisotopic (exact) mass is 371 g/mol. The van der Waals surface area contributed by atoms with Crippen molar-refractivity contribution >= 4 is 18.2 Å². The molecule has 0 aromatic heterocycles. The molecule has 13 nitrogen and oxygen atoms in total. The Morgan fingerprint density at radius 1 is 0.960 bits per heavy atom. The van der Waals surface area contributed by atoms with Crippen molar-refractivity contribution in [1.29, 1.82) is 0 Å². The van der Waals surface area contributed by atoms with Gasteiger partial charge >= 0.3 is 11.9 Å². The quantitative estimate of drug-likeness (QED) is 0.121. The number of nitrogens with two attached hydrogens (primary N) is 1. The van der Waals surface area contributed by atoms with Gasteiger partial charge in [0, 0.05) is 0 Å². The summed E-state index contributed by atoms with van der Waals surface area (Å²) in [5, 5.41) is 73.4. The molecular weight excluding hydrogens is 350 g/mol. The largest absolute Gasteiger partial charge is 0.479 e. The van der Waals surface area contributed by atoms with Crippen molar-refractivity contribution in [2.24, 2.45) is 5.73 Å². The van der Waals surface area contributed by atoms with E-state index in [1.165, 1.54) is 0 Å². The van der Waals surface area contributed by atoms with Crippen LogP contribution in [0.5, 0.6) is 0 Å². The van der Waals surface area contributed by atoms with Crippen LogP contribution in [0.15, 0.2) is 0 Å². The number of aliphatic hydroxyl groups excluding tert-OH is 7. The Hall–Kier alpha value is -1.71. The molecule has 0 radical (unpaired) electrons. The maximum Gasteiger partial charge on any atom is 0.335 e. The first kappa shape index (κ1) is 23.3. The topological polar surface area (TPSA) is 248 Å². The van der Waals surface area contributed by atoms with Gasteiger partial charge in [0.1, 0.15) is 36.6 Å². The second-order valence-electron chi connectivity index (χ2n) is 5.06. The highest BCUT2D eigenvalue weighted by Crippen LogP contribution is 2.11. The van der Waals surface area contributed by atoms with Crippen LogP contribution >= 0.6 is 0 Å². The summed E-state index contributed by atoms with van der Waals surface area (Å²) in [6.45, 7) is -0.963. The Bertz CT molecular complexity index is 459. The van der Waals surface area contributed by atoms with Gasteiger partial charge in [-0.05, 0) is 0 Å². The maximum atomic E-state index is 11.7. The highest BCUT2D eigenvalue weighted by Gasteiger charge is 2.39. The lowest BCUT2D eigenvalue weighted by molar-refractivity contribution is -0.177. The second-order valence-corrected chi connectivity index (χ2v) is 5.06. The number of carbonyl (C=O) groups is 3. The molecule has 13 heteroatoms. The van der Waals surface area contributed by atoms with E-state index in [2.05, 4.69) is 4.74 Å². The van der Waals surface area contributed by atoms with Crippen molar-refractivity contribution in [2.45, 2.75) is 48.8 Å². The molecular formula is C12H21NO12. The normalized spacial score (nSPS) is 21.1. The summed E-state index contributed by atoms with van der Waals surface area (Å²) in [4.78, 5) is 33.1. The summed E-state index contributed by atoms with van der Waals surface area (Å²) in [7, 11) is 0. The Labute approximate surface area is 140 Å². The summed E-state index contributed by atoms with van der Waals surface area (Å²) in [5.41, 5.74) is 5.26. The molecule has 0 aromatic carbocycles. The Morgan fingerprint density at radius 2 is 1.48 bits per heavy atom. The molecule has 0 heterocycles. The zero-order valence-corrected chi connectivity index (χ0v) is 12.7. The highest BCUT2D eigenvalue weighted by atomic mass is 16.6. The number of carboxylic acid groups (broad SMARTS) is 1. The molecule has 0 fully saturated rings. The van der Waals surface area contributed by atoms with Gasteiger partial charge in [-0.3, -0.25) is 9.59 Å². The molecule has 0 aromatic rings. The SMILES string of the molecule is N[C@@H](C(=O)O[C@@H](C=O)[C@@H](O)[C@@H](O)[C@H](O)C(=O)O)[C@@H](O)[C@H](O)[C@H](O)CO. The van der Waals surface area contributed by atoms with Gasteiger partial charge in [-0.1, -0.05) is 0 Å². The van der Waals surface area contributed by atoms with Gasteiger partial charge < -0.3 is 51.3 Å². The van der Waals surface area contributed by atoms with Crippen molar-refractivity contribution < 1.29 is 60.0 Å². The van der Waals surface area contributed by atoms with Gasteiger partial charge in [-0.25, -0.2) is 4.79 Å². The minimum absolute atomic E-state index is 0.196. The fraction of sp³-hybridized carbons (Fsp3) is 0.750. The number of carboxylic acids is 1. The number of aldehydes is 1. The van der Waals surface area contributed by atoms with Crippen molar-refractivity contribution in [3.8, 4) is 0 Å². The van der Waals surface area contributed by atoms with E-state index in [4.69, 9.17) is 26.2 Å². The third kappa shape index (κ3) is 6.26. The van der Waals surface area contributed by atoms with Crippen molar-refractivity contribution in [3.63, 3.8) is 0 Å². The first-order valence-corrected chi connectivity index (χ1v) is 6.83. The minimum atomic E-state index is -2.49. The molecule has 0 spiro atoms. The van der Waals surface area contributed by atoms with Gasteiger partial charge in [-0.15, -0.1) is 0 Å². The van der Waals surface area contributed by atoms with Gasteiger partial charge in [-0.2, -0.15) is 0 Å². The number of esters is 1. The molecule has 0 aliphatic carbocycles. The van der Waals surface area contributed by atoms with Crippen molar-refractivity contribution in [1.82, 2.24) is 0 Å². The van der Waals surface area contributed by atoms with Gasteiger partial charge in [0.15, 0.2) is 18.5 Å². The van der Waals surface area contributed by atoms with Gasteiger partial charge in [0.05, 0.1) is 6.61 Å². The number of rotatable bonds is 11. The Kier molecular flexibility index (Phi) is 9.61. The first-order chi connectivity index (χ1) is 11.5. The molecule has 0 rings (SSSR count). The fourth-order valence-corrected chi connectivity index (χ4v) is 1.61. The molecule has 0 aliphatic rings. The number of ether oxygens (including phenoxy) is 1. The zero-order chi connectivity index (χ0) is 19.9. The lowest BCUT2D eigenvalue weighted by Gasteiger charge is -2.28. The van der Waals surface area contributed by atoms with Crippen molar-refractivity contribution in [2.75, 3.05) is 6.61 Å². The average Bonchev–Trinajstić information content (AvgIpc) is 2.60. The first-order valence-electron chi connectivity index (χ1n) is 6.83. The smallest absolute Gasteiger partial charge is 0.335 e. The van der Waals surface area contributed by atoms with Crippen LogP contribution in [-0.4, -0.2) is 114 Å². The standard InChI is InChI=1S/C12H21NO12/c13-5(8(19)6(17)3(16)1-14)12(24)25-4(2-15)7(18)9(20)10(21)11(22)23/h2-10,14,16-21H,1,13H2,(H,22,23)/t3-,4+,5-,6-,7-,8-,9-,10+/m1/s1. The Morgan fingerprint density at radius 3 is 1.88 bits per heavy atom. The molecule has 0 amide bonds. The fourth-order valence-electron chi connectivity index (χ4n) is 1.61. The van der Waals surface area contributed by atoms with Crippen LogP contribution < -0.4 is 5.73 Å². The van der Waals surface area contributed by atoms with E-state index in [0.717, 1.165) is 0 Å². The number of aliphatic carboxylic acids is 1. The van der Waals surface area contributed by atoms with Crippen LogP contribution in [0.1, 0.15) is 0 Å². The van der Waals surface area contributed by atoms with Crippen LogP contribution in [0, 0.1) is 0 Å². The van der Waals surface area contributed by atoms with E-state index in [1.54, 1.807) is 0 Å². The maximum absolute atomic E-state index is 11.7. The third-order valence-corrected chi connectivity index (χ3v) is 3.22. The Balaban J connectivity index is 4.98. The van der Waals surface area contributed by atoms with Gasteiger partial charge in [0.25, 0.3) is 0 Å². The number of hydrogen-bond donors (Lipinski definition) is 9. The number of carbonyl (C=O) groups excluding carboxylic acids is 2. The van der Waals surface area contributed by atoms with E-state index >= 15 is 0 Å². The number of hydrogen-bond acceptors (Lipinski definition) is 12. The van der Waals surface area contributed by atoms with Crippen LogP contribution in [0.3, 0.4) is 0 Å². The molecule has 25 heavy (non-hydrogen) atoms. The van der Waals surface area contributed by atoms with Crippen molar-refractivity contribution in [3.05, 3.63) is 0 Å². The lowest BCUT2D eigenvalue weighted by atomic mass is 10.0. The molecule has 0 aliphatic heterocycles. The van der Waals surface area contributed by atoms with E-state index in [1.807, 2.05) is 0 Å². The van der Waals surface area contributed by atoms with E-state index in [9.17, 15) is 34.8 Å². The molecule has 10 N–H and O–H groups in total. The summed E-state index contributed by atoms with van der Waals surface area (Å²) in [6.07, 6.45) is -15.6. The predicted octanol–water partition coefficient (Wildman–Crippen LogP) is -6.33. The molecule has 0 saturated carbocycles. The van der Waals surface area contributed by atoms with E-state index < -0.39 is 67.3 Å². The summed E-state index contributed by atoms with van der Waals surface area (Å²) in [6, 6.07) is -2.03. The summed E-state index contributed by atoms with van der Waals surface area (Å²) >= 11 is 0. The van der Waals surface area contributed by atoms with Crippen LogP contribution in [-0.2, 0) is 19.1 Å². The average molecular weight is 371 g/mol. The summed E-state index contributed by atoms with van der Waals surface area (Å²) < 4.78 is 4.40. The van der Waals surface area contributed by atoms with Gasteiger partial charge in [0.2, 0.25) is 0 Å². The minimum Gasteiger partial charge on any atom is -0.479 e. The zero-order valence-electron chi connectivity index (χ0n) is 12.7. The highest BCUT2D eigenvalue weighted by molar-refractivity contribution is 5.79. The molecule has 8 atom stereocenters. The van der Waals surface area contributed by atoms with Crippen LogP contribution in [0.2, 0.25) is 0 Å². The molecule has 0 unspecified atom stereocenters. The van der Waals surface area contributed by atoms with E-state index in [0.29, 0.717) is 0 Å². The third-order valence-electron chi connectivity index (χ3n) is 3.22. The predicted molar refractivity (Wildman–Crippen MR) is 74.7 cm³/mol. The second kappa shape index (κ2) is 10.3. The molecule has 0 bridgehead atoms. The number of aliphatic hydroxyl groups is 7.